The van der Waals surface area contributed by atoms with Gasteiger partial charge in [0, 0.05) is 5.92 Å². The fourth-order valence-corrected chi connectivity index (χ4v) is 3.05. The lowest BCUT2D eigenvalue weighted by molar-refractivity contribution is -0.138. The summed E-state index contributed by atoms with van der Waals surface area (Å²) in [6.07, 6.45) is 9.37. The summed E-state index contributed by atoms with van der Waals surface area (Å²) in [5.41, 5.74) is 0. The van der Waals surface area contributed by atoms with Crippen molar-refractivity contribution >= 4 is 5.97 Å². The van der Waals surface area contributed by atoms with Crippen molar-refractivity contribution in [3.63, 3.8) is 0 Å². The van der Waals surface area contributed by atoms with E-state index in [1.54, 1.807) is 4.68 Å². The average Bonchev–Trinajstić information content (AvgIpc) is 2.84. The van der Waals surface area contributed by atoms with Crippen molar-refractivity contribution < 1.29 is 9.90 Å². The van der Waals surface area contributed by atoms with Gasteiger partial charge in [0.2, 0.25) is 0 Å². The van der Waals surface area contributed by atoms with E-state index >= 15 is 0 Å². The molecule has 1 fully saturated rings. The molecule has 1 N–H and O–H groups in total. The van der Waals surface area contributed by atoms with E-state index in [-0.39, 0.29) is 12.5 Å². The van der Waals surface area contributed by atoms with Gasteiger partial charge in [-0.2, -0.15) is 0 Å². The molecule has 2 rings (SSSR count). The second-order valence-corrected chi connectivity index (χ2v) is 5.68. The molecule has 20 heavy (non-hydrogen) atoms. The van der Waals surface area contributed by atoms with Crippen LogP contribution in [0.4, 0.5) is 0 Å². The highest BCUT2D eigenvalue weighted by Gasteiger charge is 2.24. The number of nitrogens with zero attached hydrogens (tertiary/aromatic N) is 4. The second kappa shape index (κ2) is 7.36. The number of aromatic nitrogens is 4. The highest BCUT2D eigenvalue weighted by atomic mass is 16.4. The molecule has 1 aliphatic rings. The third-order valence-corrected chi connectivity index (χ3v) is 4.22. The van der Waals surface area contributed by atoms with E-state index in [1.165, 1.54) is 32.1 Å². The van der Waals surface area contributed by atoms with Crippen LogP contribution in [0.5, 0.6) is 0 Å². The minimum Gasteiger partial charge on any atom is -0.481 e. The molecular formula is C14H24N4O2. The van der Waals surface area contributed by atoms with Crippen molar-refractivity contribution in [2.75, 3.05) is 0 Å². The van der Waals surface area contributed by atoms with Gasteiger partial charge in [0.1, 0.15) is 0 Å². The molecule has 0 spiro atoms. The third-order valence-electron chi connectivity index (χ3n) is 4.22. The molecule has 1 aromatic rings. The number of rotatable bonds is 5. The van der Waals surface area contributed by atoms with Gasteiger partial charge in [-0.1, -0.05) is 39.0 Å². The van der Waals surface area contributed by atoms with E-state index < -0.39 is 5.97 Å². The van der Waals surface area contributed by atoms with Gasteiger partial charge < -0.3 is 5.11 Å². The quantitative estimate of drug-likeness (QED) is 0.896. The largest absolute Gasteiger partial charge is 0.481 e. The van der Waals surface area contributed by atoms with Crippen LogP contribution in [0.1, 0.15) is 82.5 Å². The maximum absolute atomic E-state index is 11.0. The maximum Gasteiger partial charge on any atom is 0.305 e. The van der Waals surface area contributed by atoms with Crippen molar-refractivity contribution in [3.8, 4) is 0 Å². The average molecular weight is 280 g/mol. The van der Waals surface area contributed by atoms with Crippen LogP contribution in [0, 0.1) is 0 Å². The SMILES string of the molecule is CCC(CC(=O)O)n1nnnc1C1CCCCCCC1. The lowest BCUT2D eigenvalue weighted by Crippen LogP contribution is -2.19. The van der Waals surface area contributed by atoms with Crippen LogP contribution in [-0.4, -0.2) is 31.3 Å². The van der Waals surface area contributed by atoms with E-state index in [0.717, 1.165) is 25.1 Å². The van der Waals surface area contributed by atoms with E-state index in [4.69, 9.17) is 5.11 Å². The van der Waals surface area contributed by atoms with Gasteiger partial charge >= 0.3 is 5.97 Å². The van der Waals surface area contributed by atoms with Gasteiger partial charge in [0.25, 0.3) is 0 Å². The lowest BCUT2D eigenvalue weighted by Gasteiger charge is -2.21. The molecule has 0 amide bonds. The molecule has 1 heterocycles. The summed E-state index contributed by atoms with van der Waals surface area (Å²) < 4.78 is 1.76. The summed E-state index contributed by atoms with van der Waals surface area (Å²) in [6, 6.07) is -0.136. The number of carboxylic acid groups (broad SMARTS) is 1. The van der Waals surface area contributed by atoms with Crippen LogP contribution < -0.4 is 0 Å². The zero-order valence-corrected chi connectivity index (χ0v) is 12.2. The predicted octanol–water partition coefficient (Wildman–Crippen LogP) is 2.93. The van der Waals surface area contributed by atoms with Crippen molar-refractivity contribution in [3.05, 3.63) is 5.82 Å². The molecule has 1 aliphatic carbocycles. The summed E-state index contributed by atoms with van der Waals surface area (Å²) in [7, 11) is 0. The first kappa shape index (κ1) is 14.9. The van der Waals surface area contributed by atoms with Gasteiger partial charge in [-0.25, -0.2) is 4.68 Å². The molecule has 0 aliphatic heterocycles. The van der Waals surface area contributed by atoms with Crippen molar-refractivity contribution in [2.24, 2.45) is 0 Å². The molecule has 6 nitrogen and oxygen atoms in total. The fourth-order valence-electron chi connectivity index (χ4n) is 3.05. The van der Waals surface area contributed by atoms with Crippen molar-refractivity contribution in [1.82, 2.24) is 20.2 Å². The Balaban J connectivity index is 2.14. The summed E-state index contributed by atoms with van der Waals surface area (Å²) in [5, 5.41) is 21.1. The Morgan fingerprint density at radius 2 is 1.95 bits per heavy atom. The highest BCUT2D eigenvalue weighted by Crippen LogP contribution is 2.31. The van der Waals surface area contributed by atoms with Crippen LogP contribution in [0.25, 0.3) is 0 Å². The molecule has 6 heteroatoms. The standard InChI is InChI=1S/C14H24N4O2/c1-2-12(10-13(19)20)18-14(15-16-17-18)11-8-6-4-3-5-7-9-11/h11-12H,2-10H2,1H3,(H,19,20). The Labute approximate surface area is 119 Å². The normalized spacial score (nSPS) is 19.2. The van der Waals surface area contributed by atoms with E-state index in [0.29, 0.717) is 5.92 Å². The number of hydrogen-bond donors (Lipinski definition) is 1. The number of tetrazole rings is 1. The Bertz CT molecular complexity index is 425. The second-order valence-electron chi connectivity index (χ2n) is 5.68. The van der Waals surface area contributed by atoms with Crippen LogP contribution in [0.2, 0.25) is 0 Å². The van der Waals surface area contributed by atoms with E-state index in [9.17, 15) is 4.79 Å². The lowest BCUT2D eigenvalue weighted by atomic mass is 9.90. The van der Waals surface area contributed by atoms with Crippen LogP contribution in [0.3, 0.4) is 0 Å². The van der Waals surface area contributed by atoms with Crippen molar-refractivity contribution in [1.29, 1.82) is 0 Å². The molecule has 112 valence electrons. The first-order valence-electron chi connectivity index (χ1n) is 7.72. The van der Waals surface area contributed by atoms with Gasteiger partial charge in [-0.05, 0) is 29.7 Å². The minimum absolute atomic E-state index is 0.0846. The Kier molecular flexibility index (Phi) is 5.49. The molecule has 0 saturated heterocycles. The molecule has 0 radical (unpaired) electrons. The number of carbonyl (C=O) groups is 1. The number of carboxylic acids is 1. The monoisotopic (exact) mass is 280 g/mol. The Hall–Kier alpha value is -1.46. The smallest absolute Gasteiger partial charge is 0.305 e. The third kappa shape index (κ3) is 3.77. The molecule has 1 atom stereocenters. The van der Waals surface area contributed by atoms with Crippen LogP contribution in [-0.2, 0) is 4.79 Å². The molecule has 0 aromatic carbocycles. The zero-order chi connectivity index (χ0) is 14.4. The zero-order valence-electron chi connectivity index (χ0n) is 12.2. The first-order valence-corrected chi connectivity index (χ1v) is 7.72. The number of aliphatic carboxylic acids is 1. The van der Waals surface area contributed by atoms with Gasteiger partial charge in [0.15, 0.2) is 5.82 Å². The summed E-state index contributed by atoms with van der Waals surface area (Å²) in [4.78, 5) is 11.0. The molecule has 1 aromatic heterocycles. The minimum atomic E-state index is -0.795. The van der Waals surface area contributed by atoms with E-state index in [1.807, 2.05) is 6.92 Å². The topological polar surface area (TPSA) is 80.9 Å². The summed E-state index contributed by atoms with van der Waals surface area (Å²) in [5.74, 6) is 0.476. The molecular weight excluding hydrogens is 256 g/mol. The van der Waals surface area contributed by atoms with Crippen LogP contribution in [0.15, 0.2) is 0 Å². The number of hydrogen-bond acceptors (Lipinski definition) is 4. The van der Waals surface area contributed by atoms with Gasteiger partial charge in [-0.15, -0.1) is 5.10 Å². The van der Waals surface area contributed by atoms with Crippen LogP contribution >= 0.6 is 0 Å². The molecule has 1 saturated carbocycles. The highest BCUT2D eigenvalue weighted by molar-refractivity contribution is 5.67. The Morgan fingerprint density at radius 3 is 2.55 bits per heavy atom. The Morgan fingerprint density at radius 1 is 1.30 bits per heavy atom. The maximum atomic E-state index is 11.0. The van der Waals surface area contributed by atoms with Gasteiger partial charge in [0.05, 0.1) is 12.5 Å². The van der Waals surface area contributed by atoms with Crippen molar-refractivity contribution in [2.45, 2.75) is 76.7 Å². The molecule has 1 unspecified atom stereocenters. The van der Waals surface area contributed by atoms with E-state index in [2.05, 4.69) is 15.5 Å². The summed E-state index contributed by atoms with van der Waals surface area (Å²) in [6.45, 7) is 1.98. The van der Waals surface area contributed by atoms with Gasteiger partial charge in [-0.3, -0.25) is 4.79 Å². The first-order chi connectivity index (χ1) is 9.72. The predicted molar refractivity (Wildman–Crippen MR) is 74.5 cm³/mol. The molecule has 0 bridgehead atoms. The summed E-state index contributed by atoms with van der Waals surface area (Å²) >= 11 is 0. The fraction of sp³-hybridized carbons (Fsp3) is 0.857.